The Morgan fingerprint density at radius 2 is 1.70 bits per heavy atom. The normalized spacial score (nSPS) is 11.3. The van der Waals surface area contributed by atoms with Gasteiger partial charge in [-0.05, 0) is 55.5 Å². The highest BCUT2D eigenvalue weighted by Crippen LogP contribution is 2.18. The number of nitrogens with one attached hydrogen (secondary N) is 2. The van der Waals surface area contributed by atoms with Crippen LogP contribution in [0.25, 0.3) is 5.69 Å². The lowest BCUT2D eigenvalue weighted by atomic mass is 10.2. The van der Waals surface area contributed by atoms with Crippen molar-refractivity contribution >= 4 is 28.2 Å². The number of hydrogen-bond acceptors (Lipinski definition) is 4. The molecular weight excluding hydrogens is 396 g/mol. The number of aryl methyl sites for hydroxylation is 1. The first-order valence-corrected chi connectivity index (χ1v) is 10.2. The zero-order chi connectivity index (χ0) is 20.9. The summed E-state index contributed by atoms with van der Waals surface area (Å²) in [7, 11) is 1.61. The topological polar surface area (TPSA) is 70.4 Å². The summed E-state index contributed by atoms with van der Waals surface area (Å²) in [5.74, 6) is 1.37. The molecule has 0 unspecified atom stereocenters. The predicted molar refractivity (Wildman–Crippen MR) is 120 cm³/mol. The van der Waals surface area contributed by atoms with Gasteiger partial charge in [-0.2, -0.15) is 4.37 Å². The molecule has 1 heterocycles. The van der Waals surface area contributed by atoms with E-state index in [2.05, 4.69) is 9.69 Å². The van der Waals surface area contributed by atoms with Crippen LogP contribution >= 0.6 is 11.5 Å². The van der Waals surface area contributed by atoms with E-state index in [-0.39, 0.29) is 5.69 Å². The smallest absolute Gasteiger partial charge is 0.457 e. The molecule has 0 bridgehead atoms. The largest absolute Gasteiger partial charge is 0.497 e. The average Bonchev–Trinajstić information content (AvgIpc) is 3.15. The zero-order valence-electron chi connectivity index (χ0n) is 16.6. The van der Waals surface area contributed by atoms with E-state index in [1.165, 1.54) is 17.1 Å². The van der Waals surface area contributed by atoms with Crippen molar-refractivity contribution in [3.05, 3.63) is 100 Å². The summed E-state index contributed by atoms with van der Waals surface area (Å²) in [4.78, 5) is 17.3. The van der Waals surface area contributed by atoms with Gasteiger partial charge in [0.2, 0.25) is 5.84 Å². The van der Waals surface area contributed by atoms with Gasteiger partial charge >= 0.3 is 10.8 Å². The highest BCUT2D eigenvalue weighted by Gasteiger charge is 2.20. The van der Waals surface area contributed by atoms with Gasteiger partial charge in [-0.1, -0.05) is 40.9 Å². The monoisotopic (exact) mass is 417 g/mol. The van der Waals surface area contributed by atoms with Gasteiger partial charge in [0.1, 0.15) is 11.4 Å². The number of rotatable bonds is 5. The molecule has 0 aliphatic heterocycles. The molecule has 3 aromatic carbocycles. The first kappa shape index (κ1) is 19.6. The third-order valence-electron chi connectivity index (χ3n) is 4.52. The highest BCUT2D eigenvalue weighted by molar-refractivity contribution is 7.08. The maximum Gasteiger partial charge on any atom is 0.457 e. The van der Waals surface area contributed by atoms with Gasteiger partial charge in [0.25, 0.3) is 0 Å². The van der Waals surface area contributed by atoms with Crippen molar-refractivity contribution in [2.75, 3.05) is 12.4 Å². The fraction of sp³-hybridized carbons (Fsp3) is 0.0870. The number of aromatic nitrogens is 2. The van der Waals surface area contributed by atoms with Crippen molar-refractivity contribution in [2.24, 2.45) is 4.99 Å². The van der Waals surface area contributed by atoms with Crippen LogP contribution in [0.3, 0.4) is 0 Å². The number of anilines is 1. The van der Waals surface area contributed by atoms with Crippen LogP contribution in [0, 0.1) is 6.92 Å². The Morgan fingerprint density at radius 3 is 2.37 bits per heavy atom. The summed E-state index contributed by atoms with van der Waals surface area (Å²) in [5, 5.41) is 3.92. The second-order valence-electron chi connectivity index (χ2n) is 6.64. The summed E-state index contributed by atoms with van der Waals surface area (Å²) >= 11 is 1.18. The van der Waals surface area contributed by atoms with Crippen LogP contribution in [0.15, 0.2) is 88.6 Å². The third-order valence-corrected chi connectivity index (χ3v) is 5.26. The molecule has 0 atom stereocenters. The lowest BCUT2D eigenvalue weighted by molar-refractivity contribution is -0.595. The number of ether oxygens (including phenoxy) is 1. The third kappa shape index (κ3) is 4.31. The summed E-state index contributed by atoms with van der Waals surface area (Å²) in [6.45, 7) is 2.05. The minimum Gasteiger partial charge on any atom is -0.497 e. The van der Waals surface area contributed by atoms with E-state index in [0.717, 1.165) is 17.0 Å². The van der Waals surface area contributed by atoms with Crippen molar-refractivity contribution in [3.8, 4) is 11.4 Å². The standard InChI is InChI=1S/C23H20N4O2S/c1-16-8-10-18(11-9-16)24-21(17-6-4-3-5-7-17)25-23-27(22(28)26-30-23)19-12-14-20(29-2)15-13-19/h3-15H,1-2H3,(H,26,28)/p+1. The first-order chi connectivity index (χ1) is 14.6. The van der Waals surface area contributed by atoms with Crippen LogP contribution in [0.2, 0.25) is 0 Å². The quantitative estimate of drug-likeness (QED) is 0.290. The van der Waals surface area contributed by atoms with Crippen LogP contribution in [0.4, 0.5) is 10.8 Å². The van der Waals surface area contributed by atoms with E-state index >= 15 is 0 Å². The Hall–Kier alpha value is -3.71. The second kappa shape index (κ2) is 8.75. The van der Waals surface area contributed by atoms with Gasteiger partial charge in [0, 0.05) is 11.3 Å². The van der Waals surface area contributed by atoms with Crippen LogP contribution in [-0.4, -0.2) is 17.3 Å². The van der Waals surface area contributed by atoms with E-state index in [4.69, 9.17) is 9.73 Å². The molecule has 0 saturated heterocycles. The fourth-order valence-electron chi connectivity index (χ4n) is 2.93. The number of amidine groups is 1. The lowest BCUT2D eigenvalue weighted by Crippen LogP contribution is -2.45. The van der Waals surface area contributed by atoms with Crippen molar-refractivity contribution in [1.82, 2.24) is 4.37 Å². The maximum absolute atomic E-state index is 12.5. The maximum atomic E-state index is 12.5. The Bertz CT molecular complexity index is 1210. The summed E-state index contributed by atoms with van der Waals surface area (Å²) in [5.41, 5.74) is 3.48. The molecule has 150 valence electrons. The van der Waals surface area contributed by atoms with Gasteiger partial charge < -0.3 is 10.1 Å². The number of hydrogen-bond donors (Lipinski definition) is 2. The van der Waals surface area contributed by atoms with Gasteiger partial charge in [-0.25, -0.2) is 4.79 Å². The SMILES string of the molecule is COc1ccc(-[n+]2c(N=C(Nc3ccc(C)cc3)c3ccccc3)s[nH]c2=O)cc1. The predicted octanol–water partition coefficient (Wildman–Crippen LogP) is 4.22. The lowest BCUT2D eigenvalue weighted by Gasteiger charge is -2.08. The Labute approximate surface area is 178 Å². The molecule has 0 fully saturated rings. The summed E-state index contributed by atoms with van der Waals surface area (Å²) in [6, 6.07) is 25.2. The Morgan fingerprint density at radius 1 is 1.00 bits per heavy atom. The van der Waals surface area contributed by atoms with Crippen LogP contribution in [-0.2, 0) is 0 Å². The molecule has 30 heavy (non-hydrogen) atoms. The van der Waals surface area contributed by atoms with E-state index in [9.17, 15) is 4.79 Å². The van der Waals surface area contributed by atoms with Crippen molar-refractivity contribution in [2.45, 2.75) is 6.92 Å². The molecule has 0 saturated carbocycles. The average molecular weight is 418 g/mol. The molecule has 2 N–H and O–H groups in total. The van der Waals surface area contributed by atoms with E-state index in [0.29, 0.717) is 16.7 Å². The second-order valence-corrected chi connectivity index (χ2v) is 7.42. The van der Waals surface area contributed by atoms with Crippen molar-refractivity contribution in [1.29, 1.82) is 0 Å². The molecule has 0 amide bonds. The van der Waals surface area contributed by atoms with Gasteiger partial charge in [-0.15, -0.1) is 4.57 Å². The van der Waals surface area contributed by atoms with E-state index in [1.807, 2.05) is 85.8 Å². The number of aliphatic imine (C=N–C) groups is 1. The minimum atomic E-state index is -0.244. The van der Waals surface area contributed by atoms with E-state index in [1.54, 1.807) is 11.7 Å². The molecular formula is C23H21N4O2S+. The van der Waals surface area contributed by atoms with Gasteiger partial charge in [0.05, 0.1) is 18.6 Å². The Kier molecular flexibility index (Phi) is 5.72. The molecule has 0 radical (unpaired) electrons. The fourth-order valence-corrected chi connectivity index (χ4v) is 3.62. The summed E-state index contributed by atoms with van der Waals surface area (Å²) in [6.07, 6.45) is 0. The molecule has 0 spiro atoms. The van der Waals surface area contributed by atoms with Crippen molar-refractivity contribution < 1.29 is 9.30 Å². The molecule has 4 rings (SSSR count). The van der Waals surface area contributed by atoms with Gasteiger partial charge in [0.15, 0.2) is 0 Å². The highest BCUT2D eigenvalue weighted by atomic mass is 32.1. The number of H-pyrrole nitrogens is 1. The molecule has 1 aromatic heterocycles. The van der Waals surface area contributed by atoms with E-state index < -0.39 is 0 Å². The molecule has 4 aromatic rings. The minimum absolute atomic E-state index is 0.244. The molecule has 0 aliphatic carbocycles. The van der Waals surface area contributed by atoms with Crippen LogP contribution in [0.1, 0.15) is 11.1 Å². The zero-order valence-corrected chi connectivity index (χ0v) is 17.4. The number of benzene rings is 3. The van der Waals surface area contributed by atoms with Crippen molar-refractivity contribution in [3.63, 3.8) is 0 Å². The Balaban J connectivity index is 1.78. The molecule has 0 aliphatic rings. The van der Waals surface area contributed by atoms with Gasteiger partial charge in [-0.3, -0.25) is 0 Å². The molecule has 7 heteroatoms. The molecule has 6 nitrogen and oxygen atoms in total. The first-order valence-electron chi connectivity index (χ1n) is 9.40. The number of nitrogens with zero attached hydrogens (tertiary/aromatic N) is 2. The summed E-state index contributed by atoms with van der Waals surface area (Å²) < 4.78 is 9.53. The number of methoxy groups -OCH3 is 1. The van der Waals surface area contributed by atoms with Crippen LogP contribution < -0.4 is 20.3 Å². The number of aromatic amines is 1. The van der Waals surface area contributed by atoms with Crippen LogP contribution in [0.5, 0.6) is 5.75 Å².